The number of fused-ring (bicyclic) bond motifs is 1. The Morgan fingerprint density at radius 2 is 2.15 bits per heavy atom. The van der Waals surface area contributed by atoms with Crippen LogP contribution in [0.2, 0.25) is 0 Å². The molecule has 0 aliphatic carbocycles. The van der Waals surface area contributed by atoms with Crippen molar-refractivity contribution in [3.63, 3.8) is 0 Å². The van der Waals surface area contributed by atoms with Gasteiger partial charge in [-0.25, -0.2) is 0 Å². The van der Waals surface area contributed by atoms with Gasteiger partial charge in [0.2, 0.25) is 5.91 Å². The minimum absolute atomic E-state index is 0.0910. The van der Waals surface area contributed by atoms with Crippen LogP contribution in [-0.4, -0.2) is 39.3 Å². The summed E-state index contributed by atoms with van der Waals surface area (Å²) in [5, 5.41) is 6.14. The first kappa shape index (κ1) is 14.8. The highest BCUT2D eigenvalue weighted by molar-refractivity contribution is 5.93. The van der Waals surface area contributed by atoms with Crippen molar-refractivity contribution in [2.75, 3.05) is 38.7 Å². The van der Waals surface area contributed by atoms with Crippen LogP contribution in [0, 0.1) is 0 Å². The summed E-state index contributed by atoms with van der Waals surface area (Å²) in [6, 6.07) is 5.84. The Labute approximate surface area is 119 Å². The van der Waals surface area contributed by atoms with Crippen LogP contribution in [0.25, 0.3) is 0 Å². The molecule has 0 bridgehead atoms. The zero-order valence-electron chi connectivity index (χ0n) is 11.9. The number of rotatable bonds is 8. The molecule has 5 nitrogen and oxygen atoms in total. The molecule has 1 aliphatic rings. The Bertz CT molecular complexity index is 449. The van der Waals surface area contributed by atoms with Crippen molar-refractivity contribution in [3.05, 3.63) is 23.8 Å². The highest BCUT2D eigenvalue weighted by Gasteiger charge is 2.14. The lowest BCUT2D eigenvalue weighted by atomic mass is 10.0. The third-order valence-electron chi connectivity index (χ3n) is 3.22. The highest BCUT2D eigenvalue weighted by atomic mass is 16.5. The van der Waals surface area contributed by atoms with Gasteiger partial charge in [0.1, 0.15) is 5.75 Å². The van der Waals surface area contributed by atoms with Gasteiger partial charge in [-0.15, -0.1) is 0 Å². The van der Waals surface area contributed by atoms with Crippen LogP contribution in [0.1, 0.15) is 18.4 Å². The summed E-state index contributed by atoms with van der Waals surface area (Å²) in [4.78, 5) is 11.3. The van der Waals surface area contributed by atoms with Gasteiger partial charge in [0.05, 0.1) is 13.2 Å². The molecule has 0 unspecified atom stereocenters. The fourth-order valence-electron chi connectivity index (χ4n) is 2.14. The van der Waals surface area contributed by atoms with E-state index in [1.54, 1.807) is 7.11 Å². The maximum absolute atomic E-state index is 11.3. The molecule has 1 aromatic rings. The van der Waals surface area contributed by atoms with Gasteiger partial charge in [-0.05, 0) is 43.1 Å². The predicted octanol–water partition coefficient (Wildman–Crippen LogP) is 1.58. The molecule has 0 fully saturated rings. The van der Waals surface area contributed by atoms with Crippen LogP contribution in [0.15, 0.2) is 18.2 Å². The third kappa shape index (κ3) is 4.51. The molecule has 1 heterocycles. The van der Waals surface area contributed by atoms with E-state index >= 15 is 0 Å². The summed E-state index contributed by atoms with van der Waals surface area (Å²) in [6.45, 7) is 3.21. The number of hydrogen-bond donors (Lipinski definition) is 2. The van der Waals surface area contributed by atoms with Gasteiger partial charge < -0.3 is 20.1 Å². The number of anilines is 1. The minimum atomic E-state index is 0.0910. The van der Waals surface area contributed by atoms with Crippen LogP contribution in [0.5, 0.6) is 5.75 Å². The van der Waals surface area contributed by atoms with Crippen LogP contribution in [-0.2, 0) is 16.0 Å². The molecule has 20 heavy (non-hydrogen) atoms. The first-order chi connectivity index (χ1) is 9.79. The molecule has 2 N–H and O–H groups in total. The molecule has 1 amide bonds. The number of nitrogens with one attached hydrogen (secondary N) is 2. The maximum Gasteiger partial charge on any atom is 0.224 e. The van der Waals surface area contributed by atoms with Crippen molar-refractivity contribution < 1.29 is 14.3 Å². The number of ether oxygens (including phenoxy) is 2. The molecular formula is C15H22N2O3. The van der Waals surface area contributed by atoms with Gasteiger partial charge in [-0.1, -0.05) is 0 Å². The lowest BCUT2D eigenvalue weighted by molar-refractivity contribution is -0.116. The van der Waals surface area contributed by atoms with E-state index in [4.69, 9.17) is 9.47 Å². The van der Waals surface area contributed by atoms with Gasteiger partial charge in [0.15, 0.2) is 0 Å². The van der Waals surface area contributed by atoms with E-state index in [-0.39, 0.29) is 5.91 Å². The Balaban J connectivity index is 1.70. The third-order valence-corrected chi connectivity index (χ3v) is 3.22. The molecule has 0 spiro atoms. The Morgan fingerprint density at radius 3 is 3.00 bits per heavy atom. The predicted molar refractivity (Wildman–Crippen MR) is 78.3 cm³/mol. The van der Waals surface area contributed by atoms with Gasteiger partial charge in [0.25, 0.3) is 0 Å². The van der Waals surface area contributed by atoms with E-state index in [9.17, 15) is 4.79 Å². The summed E-state index contributed by atoms with van der Waals surface area (Å²) in [7, 11) is 1.70. The number of amides is 1. The lowest BCUT2D eigenvalue weighted by Gasteiger charge is -2.17. The fraction of sp³-hybridized carbons (Fsp3) is 0.533. The molecule has 110 valence electrons. The summed E-state index contributed by atoms with van der Waals surface area (Å²) in [5.41, 5.74) is 2.06. The Morgan fingerprint density at radius 1 is 1.25 bits per heavy atom. The van der Waals surface area contributed by atoms with Crippen molar-refractivity contribution in [1.29, 1.82) is 0 Å². The molecule has 2 rings (SSSR count). The molecule has 0 saturated heterocycles. The van der Waals surface area contributed by atoms with Crippen LogP contribution >= 0.6 is 0 Å². The fourth-order valence-corrected chi connectivity index (χ4v) is 2.14. The summed E-state index contributed by atoms with van der Waals surface area (Å²) < 4.78 is 10.7. The van der Waals surface area contributed by atoms with Gasteiger partial charge >= 0.3 is 0 Å². The largest absolute Gasteiger partial charge is 0.494 e. The topological polar surface area (TPSA) is 59.6 Å². The Hall–Kier alpha value is -1.59. The number of hydrogen-bond acceptors (Lipinski definition) is 4. The van der Waals surface area contributed by atoms with Crippen LogP contribution in [0.4, 0.5) is 5.69 Å². The minimum Gasteiger partial charge on any atom is -0.494 e. The second kappa shape index (κ2) is 7.87. The van der Waals surface area contributed by atoms with E-state index in [1.165, 1.54) is 0 Å². The van der Waals surface area contributed by atoms with Gasteiger partial charge in [-0.3, -0.25) is 4.79 Å². The van der Waals surface area contributed by atoms with E-state index in [1.807, 2.05) is 18.2 Å². The van der Waals surface area contributed by atoms with Gasteiger partial charge in [-0.2, -0.15) is 0 Å². The summed E-state index contributed by atoms with van der Waals surface area (Å²) >= 11 is 0. The van der Waals surface area contributed by atoms with Gasteiger partial charge in [0, 0.05) is 25.8 Å². The summed E-state index contributed by atoms with van der Waals surface area (Å²) in [5.74, 6) is 0.963. The average molecular weight is 278 g/mol. The molecular weight excluding hydrogens is 256 g/mol. The number of carbonyl (C=O) groups is 1. The number of benzene rings is 1. The SMILES string of the molecule is COCCNCCCOc1ccc2c(c1)CCC(=O)N2. The number of carbonyl (C=O) groups excluding carboxylic acids is 1. The van der Waals surface area contributed by atoms with Crippen LogP contribution < -0.4 is 15.4 Å². The average Bonchev–Trinajstić information content (AvgIpc) is 2.46. The summed E-state index contributed by atoms with van der Waals surface area (Å²) in [6.07, 6.45) is 2.30. The van der Waals surface area contributed by atoms with Crippen molar-refractivity contribution in [1.82, 2.24) is 5.32 Å². The molecule has 0 saturated carbocycles. The Kier molecular flexibility index (Phi) is 5.83. The lowest BCUT2D eigenvalue weighted by Crippen LogP contribution is -2.21. The highest BCUT2D eigenvalue weighted by Crippen LogP contribution is 2.26. The van der Waals surface area contributed by atoms with Crippen molar-refractivity contribution in [2.24, 2.45) is 0 Å². The zero-order chi connectivity index (χ0) is 14.2. The van der Waals surface area contributed by atoms with E-state index in [2.05, 4.69) is 10.6 Å². The smallest absolute Gasteiger partial charge is 0.224 e. The normalized spacial score (nSPS) is 13.8. The molecule has 5 heteroatoms. The van der Waals surface area contributed by atoms with Crippen LogP contribution in [0.3, 0.4) is 0 Å². The molecule has 0 atom stereocenters. The monoisotopic (exact) mass is 278 g/mol. The van der Waals surface area contributed by atoms with Crippen molar-refractivity contribution in [2.45, 2.75) is 19.3 Å². The van der Waals surface area contributed by atoms with Crippen molar-refractivity contribution >= 4 is 11.6 Å². The number of aryl methyl sites for hydroxylation is 1. The number of methoxy groups -OCH3 is 1. The van der Waals surface area contributed by atoms with Crippen molar-refractivity contribution in [3.8, 4) is 5.75 Å². The second-order valence-corrected chi connectivity index (χ2v) is 4.81. The maximum atomic E-state index is 11.3. The second-order valence-electron chi connectivity index (χ2n) is 4.81. The quantitative estimate of drug-likeness (QED) is 0.709. The van der Waals surface area contributed by atoms with E-state index < -0.39 is 0 Å². The molecule has 0 aromatic heterocycles. The van der Waals surface area contributed by atoms with E-state index in [0.29, 0.717) is 13.0 Å². The first-order valence-electron chi connectivity index (χ1n) is 7.05. The zero-order valence-corrected chi connectivity index (χ0v) is 11.9. The standard InChI is InChI=1S/C15H22N2O3/c1-19-10-8-16-7-2-9-20-13-4-5-14-12(11-13)3-6-15(18)17-14/h4-5,11,16H,2-3,6-10H2,1H3,(H,17,18). The molecule has 0 radical (unpaired) electrons. The molecule has 1 aliphatic heterocycles. The van der Waals surface area contributed by atoms with E-state index in [0.717, 1.165) is 49.5 Å². The first-order valence-corrected chi connectivity index (χ1v) is 7.05. The molecule has 1 aromatic carbocycles.